The van der Waals surface area contributed by atoms with Crippen LogP contribution >= 0.6 is 0 Å². The molecule has 1 N–H and O–H groups in total. The molecule has 3 rings (SSSR count). The first kappa shape index (κ1) is 10.9. The summed E-state index contributed by atoms with van der Waals surface area (Å²) in [7, 11) is 0. The van der Waals surface area contributed by atoms with E-state index in [1.807, 2.05) is 6.92 Å². The molecular formula is C10H16O6. The van der Waals surface area contributed by atoms with Gasteiger partial charge in [-0.3, -0.25) is 0 Å². The molecule has 0 aliphatic carbocycles. The summed E-state index contributed by atoms with van der Waals surface area (Å²) in [6.07, 6.45) is -2.87. The maximum absolute atomic E-state index is 9.76. The fourth-order valence-electron chi connectivity index (χ4n) is 2.46. The third-order valence-corrected chi connectivity index (χ3v) is 3.15. The molecule has 0 aromatic heterocycles. The van der Waals surface area contributed by atoms with Crippen molar-refractivity contribution in [3.8, 4) is 0 Å². The molecule has 0 spiro atoms. The van der Waals surface area contributed by atoms with Gasteiger partial charge in [0.1, 0.15) is 24.4 Å². The number of rotatable bonds is 0. The van der Waals surface area contributed by atoms with Crippen molar-refractivity contribution in [1.82, 2.24) is 0 Å². The Balaban J connectivity index is 1.80. The van der Waals surface area contributed by atoms with Crippen molar-refractivity contribution in [1.29, 1.82) is 0 Å². The van der Waals surface area contributed by atoms with Crippen molar-refractivity contribution < 1.29 is 28.8 Å². The van der Waals surface area contributed by atoms with Crippen LogP contribution in [-0.4, -0.2) is 55.0 Å². The summed E-state index contributed by atoms with van der Waals surface area (Å²) in [6, 6.07) is 0. The highest BCUT2D eigenvalue weighted by molar-refractivity contribution is 4.95. The van der Waals surface area contributed by atoms with E-state index in [-0.39, 0.29) is 30.9 Å². The van der Waals surface area contributed by atoms with Gasteiger partial charge in [-0.2, -0.15) is 0 Å². The van der Waals surface area contributed by atoms with Crippen molar-refractivity contribution in [2.75, 3.05) is 6.61 Å². The van der Waals surface area contributed by atoms with Crippen LogP contribution in [0.25, 0.3) is 0 Å². The summed E-state index contributed by atoms with van der Waals surface area (Å²) in [4.78, 5) is 0. The number of aliphatic hydroxyl groups is 1. The van der Waals surface area contributed by atoms with Crippen LogP contribution in [0.3, 0.4) is 0 Å². The lowest BCUT2D eigenvalue weighted by atomic mass is 9.98. The second kappa shape index (κ2) is 3.90. The van der Waals surface area contributed by atoms with Crippen LogP contribution in [0.1, 0.15) is 13.8 Å². The molecule has 6 heteroatoms. The number of hydrogen-bond donors (Lipinski definition) is 1. The van der Waals surface area contributed by atoms with Crippen molar-refractivity contribution in [3.63, 3.8) is 0 Å². The maximum Gasteiger partial charge on any atom is 0.184 e. The molecule has 5 unspecified atom stereocenters. The van der Waals surface area contributed by atoms with Crippen LogP contribution in [-0.2, 0) is 23.7 Å². The van der Waals surface area contributed by atoms with Crippen LogP contribution in [0, 0.1) is 0 Å². The van der Waals surface area contributed by atoms with Crippen molar-refractivity contribution in [2.24, 2.45) is 0 Å². The van der Waals surface area contributed by atoms with Crippen LogP contribution in [0.15, 0.2) is 0 Å². The van der Waals surface area contributed by atoms with Gasteiger partial charge in [0.05, 0.1) is 6.61 Å². The Morgan fingerprint density at radius 2 is 1.56 bits per heavy atom. The highest BCUT2D eigenvalue weighted by Gasteiger charge is 2.54. The lowest BCUT2D eigenvalue weighted by Gasteiger charge is -2.44. The SMILES string of the molecule is CC1OCC2OC(O)C3OC(C)O[C@@H]3[C@H]2O1. The Morgan fingerprint density at radius 3 is 2.38 bits per heavy atom. The molecule has 0 radical (unpaired) electrons. The number of ether oxygens (including phenoxy) is 5. The fourth-order valence-corrected chi connectivity index (χ4v) is 2.46. The van der Waals surface area contributed by atoms with E-state index >= 15 is 0 Å². The van der Waals surface area contributed by atoms with Gasteiger partial charge in [0, 0.05) is 0 Å². The molecule has 92 valence electrons. The first-order valence-corrected chi connectivity index (χ1v) is 5.56. The van der Waals surface area contributed by atoms with Gasteiger partial charge in [0.15, 0.2) is 18.9 Å². The van der Waals surface area contributed by atoms with E-state index in [1.165, 1.54) is 0 Å². The maximum atomic E-state index is 9.76. The molecule has 16 heavy (non-hydrogen) atoms. The molecule has 3 aliphatic heterocycles. The third-order valence-electron chi connectivity index (χ3n) is 3.15. The zero-order chi connectivity index (χ0) is 11.3. The third kappa shape index (κ3) is 1.66. The molecule has 3 fully saturated rings. The molecule has 6 nitrogen and oxygen atoms in total. The minimum absolute atomic E-state index is 0.234. The fraction of sp³-hybridized carbons (Fsp3) is 1.00. The second-order valence-corrected chi connectivity index (χ2v) is 4.34. The molecule has 3 aliphatic rings. The van der Waals surface area contributed by atoms with E-state index in [2.05, 4.69) is 0 Å². The van der Waals surface area contributed by atoms with Crippen molar-refractivity contribution in [3.05, 3.63) is 0 Å². The van der Waals surface area contributed by atoms with Gasteiger partial charge in [-0.25, -0.2) is 0 Å². The zero-order valence-corrected chi connectivity index (χ0v) is 9.24. The first-order valence-electron chi connectivity index (χ1n) is 5.56. The smallest absolute Gasteiger partial charge is 0.184 e. The van der Waals surface area contributed by atoms with E-state index in [4.69, 9.17) is 23.7 Å². The summed E-state index contributed by atoms with van der Waals surface area (Å²) in [5, 5.41) is 9.76. The summed E-state index contributed by atoms with van der Waals surface area (Å²) >= 11 is 0. The van der Waals surface area contributed by atoms with Gasteiger partial charge in [0.25, 0.3) is 0 Å². The molecule has 0 aromatic rings. The van der Waals surface area contributed by atoms with Gasteiger partial charge in [0.2, 0.25) is 0 Å². The van der Waals surface area contributed by atoms with Gasteiger partial charge in [-0.1, -0.05) is 0 Å². The van der Waals surface area contributed by atoms with Crippen LogP contribution in [0.4, 0.5) is 0 Å². The van der Waals surface area contributed by atoms with E-state index in [0.29, 0.717) is 6.61 Å². The van der Waals surface area contributed by atoms with E-state index in [9.17, 15) is 5.11 Å². The van der Waals surface area contributed by atoms with E-state index in [1.54, 1.807) is 6.92 Å². The Labute approximate surface area is 93.4 Å². The monoisotopic (exact) mass is 232 g/mol. The molecule has 7 atom stereocenters. The largest absolute Gasteiger partial charge is 0.366 e. The van der Waals surface area contributed by atoms with Crippen LogP contribution in [0.5, 0.6) is 0 Å². The topological polar surface area (TPSA) is 66.4 Å². The van der Waals surface area contributed by atoms with Crippen molar-refractivity contribution >= 4 is 0 Å². The average molecular weight is 232 g/mol. The van der Waals surface area contributed by atoms with Crippen molar-refractivity contribution in [2.45, 2.75) is 57.1 Å². The standard InChI is InChI=1S/C10H16O6/c1-4-12-3-6-7(13-4)8-9(10(11)16-6)15-5(2)14-8/h4-11H,3H2,1-2H3/t4?,5?,6?,7-,8+,9?,10?/m0/s1. The molecule has 0 aromatic carbocycles. The van der Waals surface area contributed by atoms with Gasteiger partial charge < -0.3 is 28.8 Å². The number of aliphatic hydroxyl groups excluding tert-OH is 1. The molecule has 3 heterocycles. The zero-order valence-electron chi connectivity index (χ0n) is 9.24. The van der Waals surface area contributed by atoms with Gasteiger partial charge in [-0.15, -0.1) is 0 Å². The first-order chi connectivity index (χ1) is 7.65. The summed E-state index contributed by atoms with van der Waals surface area (Å²) in [5.74, 6) is 0. The lowest BCUT2D eigenvalue weighted by molar-refractivity contribution is -0.333. The quantitative estimate of drug-likeness (QED) is 0.612. The highest BCUT2D eigenvalue weighted by Crippen LogP contribution is 2.35. The average Bonchev–Trinajstić information content (AvgIpc) is 2.62. The van der Waals surface area contributed by atoms with E-state index < -0.39 is 12.4 Å². The van der Waals surface area contributed by atoms with Crippen LogP contribution in [0.2, 0.25) is 0 Å². The predicted molar refractivity (Wildman–Crippen MR) is 50.4 cm³/mol. The Morgan fingerprint density at radius 1 is 0.875 bits per heavy atom. The summed E-state index contributed by atoms with van der Waals surface area (Å²) in [6.45, 7) is 4.03. The van der Waals surface area contributed by atoms with E-state index in [0.717, 1.165) is 0 Å². The normalized spacial score (nSPS) is 56.8. The molecule has 0 saturated carbocycles. The van der Waals surface area contributed by atoms with Crippen LogP contribution < -0.4 is 0 Å². The lowest BCUT2D eigenvalue weighted by Crippen LogP contribution is -2.61. The Kier molecular flexibility index (Phi) is 2.66. The Bertz CT molecular complexity index is 272. The minimum Gasteiger partial charge on any atom is -0.366 e. The highest BCUT2D eigenvalue weighted by atomic mass is 16.8. The van der Waals surface area contributed by atoms with Gasteiger partial charge in [-0.05, 0) is 13.8 Å². The summed E-state index contributed by atoms with van der Waals surface area (Å²) < 4.78 is 27.4. The predicted octanol–water partition coefficient (Wildman–Crippen LogP) is -0.405. The molecule has 3 saturated heterocycles. The number of fused-ring (bicyclic) bond motifs is 3. The van der Waals surface area contributed by atoms with Gasteiger partial charge >= 0.3 is 0 Å². The second-order valence-electron chi connectivity index (χ2n) is 4.34. The summed E-state index contributed by atoms with van der Waals surface area (Å²) in [5.41, 5.74) is 0. The Hall–Kier alpha value is -0.240. The number of hydrogen-bond acceptors (Lipinski definition) is 6. The minimum atomic E-state index is -0.975. The molecule has 0 amide bonds. The molecular weight excluding hydrogens is 216 g/mol. The molecule has 0 bridgehead atoms.